The first-order chi connectivity index (χ1) is 16.7. The Hall–Kier alpha value is -3.10. The molecule has 0 saturated heterocycles. The lowest BCUT2D eigenvalue weighted by Crippen LogP contribution is -2.55. The van der Waals surface area contributed by atoms with Gasteiger partial charge in [0.05, 0.1) is 14.2 Å². The molecular formula is C28H38O7Si. The van der Waals surface area contributed by atoms with Gasteiger partial charge in [0.2, 0.25) is 0 Å². The molecule has 0 radical (unpaired) electrons. The second-order valence-electron chi connectivity index (χ2n) is 10.4. The van der Waals surface area contributed by atoms with E-state index in [0.717, 1.165) is 11.1 Å². The van der Waals surface area contributed by atoms with Crippen LogP contribution in [-0.2, 0) is 31.8 Å². The van der Waals surface area contributed by atoms with Gasteiger partial charge in [-0.05, 0) is 53.5 Å². The highest BCUT2D eigenvalue weighted by Gasteiger charge is 2.50. The molecule has 1 atom stereocenters. The van der Waals surface area contributed by atoms with Gasteiger partial charge < -0.3 is 23.7 Å². The second kappa shape index (κ2) is 11.8. The molecule has 0 fully saturated rings. The number of benzene rings is 2. The zero-order chi connectivity index (χ0) is 27.1. The second-order valence-corrected chi connectivity index (χ2v) is 15.1. The first kappa shape index (κ1) is 29.1. The van der Waals surface area contributed by atoms with Crippen LogP contribution in [0.25, 0.3) is 0 Å². The summed E-state index contributed by atoms with van der Waals surface area (Å²) in [5, 5.41) is 9.42. The average molecular weight is 515 g/mol. The maximum absolute atomic E-state index is 13.8. The van der Waals surface area contributed by atoms with Crippen molar-refractivity contribution >= 4 is 20.3 Å². The van der Waals surface area contributed by atoms with Gasteiger partial charge in [0.15, 0.2) is 13.9 Å². The number of carboxylic acid groups (broad SMARTS) is 1. The van der Waals surface area contributed by atoms with E-state index in [1.165, 1.54) is 0 Å². The Morgan fingerprint density at radius 3 is 1.78 bits per heavy atom. The number of aliphatic carboxylic acids is 1. The molecule has 0 bridgehead atoms. The van der Waals surface area contributed by atoms with Gasteiger partial charge in [-0.15, -0.1) is 0 Å². The van der Waals surface area contributed by atoms with Crippen LogP contribution in [0.4, 0.5) is 0 Å². The zero-order valence-corrected chi connectivity index (χ0v) is 23.3. The molecule has 1 unspecified atom stereocenters. The predicted molar refractivity (Wildman–Crippen MR) is 142 cm³/mol. The van der Waals surface area contributed by atoms with E-state index in [0.29, 0.717) is 11.5 Å². The summed E-state index contributed by atoms with van der Waals surface area (Å²) in [6, 6.07) is 14.4. The summed E-state index contributed by atoms with van der Waals surface area (Å²) >= 11 is 0. The van der Waals surface area contributed by atoms with Gasteiger partial charge in [-0.25, -0.2) is 9.59 Å². The van der Waals surface area contributed by atoms with Gasteiger partial charge in [0.25, 0.3) is 0 Å². The minimum Gasteiger partial charge on any atom is -0.497 e. The molecule has 2 aromatic carbocycles. The largest absolute Gasteiger partial charge is 0.497 e. The fourth-order valence-electron chi connectivity index (χ4n) is 3.46. The lowest BCUT2D eigenvalue weighted by atomic mass is 9.88. The summed E-state index contributed by atoms with van der Waals surface area (Å²) in [6.07, 6.45) is -0.0838. The van der Waals surface area contributed by atoms with E-state index in [-0.39, 0.29) is 30.1 Å². The van der Waals surface area contributed by atoms with Crippen molar-refractivity contribution in [2.75, 3.05) is 14.2 Å². The predicted octanol–water partition coefficient (Wildman–Crippen LogP) is 5.78. The number of hydrogen-bond donors (Lipinski definition) is 1. The fraction of sp³-hybridized carbons (Fsp3) is 0.429. The molecule has 196 valence electrons. The lowest BCUT2D eigenvalue weighted by Gasteiger charge is -2.44. The van der Waals surface area contributed by atoms with Crippen molar-refractivity contribution in [3.63, 3.8) is 0 Å². The molecule has 0 saturated carbocycles. The number of carboxylic acids is 1. The van der Waals surface area contributed by atoms with E-state index in [1.807, 2.05) is 37.4 Å². The van der Waals surface area contributed by atoms with Crippen LogP contribution in [0.5, 0.6) is 11.5 Å². The average Bonchev–Trinajstić information content (AvgIpc) is 2.82. The quantitative estimate of drug-likeness (QED) is 0.218. The third-order valence-electron chi connectivity index (χ3n) is 6.61. The number of methoxy groups -OCH3 is 2. The molecule has 2 aromatic rings. The van der Waals surface area contributed by atoms with Crippen molar-refractivity contribution in [2.24, 2.45) is 0 Å². The molecule has 0 aliphatic heterocycles. The molecule has 0 aliphatic rings. The fourth-order valence-corrected chi connectivity index (χ4v) is 4.97. The van der Waals surface area contributed by atoms with Crippen LogP contribution in [0, 0.1) is 0 Å². The SMILES string of the molecule is C=C(CC(Cc1ccc(OC)cc1)(O[Si](C)(C)C(C)(C)C)C(=O)OCc1ccc(OC)cc1)C(=O)O. The third kappa shape index (κ3) is 7.45. The Morgan fingerprint density at radius 1 is 0.889 bits per heavy atom. The number of ether oxygens (including phenoxy) is 3. The van der Waals surface area contributed by atoms with E-state index >= 15 is 0 Å². The molecule has 36 heavy (non-hydrogen) atoms. The summed E-state index contributed by atoms with van der Waals surface area (Å²) in [7, 11) is 0.583. The summed E-state index contributed by atoms with van der Waals surface area (Å²) in [5.41, 5.74) is -0.135. The Kier molecular flexibility index (Phi) is 9.51. The Bertz CT molecular complexity index is 1050. The maximum Gasteiger partial charge on any atom is 0.338 e. The minimum atomic E-state index is -2.57. The number of carbonyl (C=O) groups excluding carboxylic acids is 1. The van der Waals surface area contributed by atoms with Crippen molar-refractivity contribution in [3.8, 4) is 11.5 Å². The summed E-state index contributed by atoms with van der Waals surface area (Å²) in [6.45, 7) is 14.0. The topological polar surface area (TPSA) is 91.3 Å². The van der Waals surface area contributed by atoms with E-state index in [4.69, 9.17) is 18.6 Å². The first-order valence-electron chi connectivity index (χ1n) is 11.8. The van der Waals surface area contributed by atoms with Crippen LogP contribution in [0.1, 0.15) is 38.3 Å². The number of rotatable bonds is 12. The molecule has 2 rings (SSSR count). The van der Waals surface area contributed by atoms with Crippen molar-refractivity contribution in [3.05, 3.63) is 71.8 Å². The van der Waals surface area contributed by atoms with Crippen molar-refractivity contribution in [1.29, 1.82) is 0 Å². The number of hydrogen-bond acceptors (Lipinski definition) is 6. The summed E-state index contributed by atoms with van der Waals surface area (Å²) in [4.78, 5) is 25.7. The van der Waals surface area contributed by atoms with Crippen molar-refractivity contribution < 1.29 is 33.3 Å². The van der Waals surface area contributed by atoms with E-state index in [1.54, 1.807) is 38.5 Å². The molecule has 0 spiro atoms. The van der Waals surface area contributed by atoms with Gasteiger partial charge >= 0.3 is 11.9 Å². The van der Waals surface area contributed by atoms with Gasteiger partial charge in [-0.3, -0.25) is 0 Å². The molecular weight excluding hydrogens is 476 g/mol. The maximum atomic E-state index is 13.8. The van der Waals surface area contributed by atoms with Gasteiger partial charge in [-0.1, -0.05) is 51.6 Å². The van der Waals surface area contributed by atoms with Crippen LogP contribution in [0.3, 0.4) is 0 Å². The van der Waals surface area contributed by atoms with Crippen LogP contribution in [0.2, 0.25) is 18.1 Å². The lowest BCUT2D eigenvalue weighted by molar-refractivity contribution is -0.165. The number of carbonyl (C=O) groups is 2. The standard InChI is InChI=1S/C28H38O7Si/c1-20(25(29)30)17-28(35-36(7,8)27(2,3)4,18-21-9-13-23(32-5)14-10-21)26(31)34-19-22-11-15-24(33-6)16-12-22/h9-16H,1,17-19H2,2-8H3,(H,29,30). The number of esters is 1. The Labute approximate surface area is 215 Å². The minimum absolute atomic E-state index is 0.00754. The first-order valence-corrected chi connectivity index (χ1v) is 14.7. The van der Waals surface area contributed by atoms with E-state index in [2.05, 4.69) is 27.4 Å². The van der Waals surface area contributed by atoms with Crippen molar-refractivity contribution in [2.45, 2.75) is 64.0 Å². The monoisotopic (exact) mass is 514 g/mol. The van der Waals surface area contributed by atoms with Gasteiger partial charge in [0.1, 0.15) is 18.1 Å². The van der Waals surface area contributed by atoms with E-state index < -0.39 is 25.9 Å². The molecule has 0 amide bonds. The third-order valence-corrected chi connectivity index (χ3v) is 11.1. The van der Waals surface area contributed by atoms with Crippen LogP contribution < -0.4 is 9.47 Å². The van der Waals surface area contributed by atoms with E-state index in [9.17, 15) is 14.7 Å². The Balaban J connectivity index is 2.51. The highest BCUT2D eigenvalue weighted by atomic mass is 28.4. The zero-order valence-electron chi connectivity index (χ0n) is 22.3. The van der Waals surface area contributed by atoms with Crippen LogP contribution >= 0.6 is 0 Å². The van der Waals surface area contributed by atoms with Gasteiger partial charge in [-0.2, -0.15) is 0 Å². The van der Waals surface area contributed by atoms with Crippen molar-refractivity contribution in [1.82, 2.24) is 0 Å². The summed E-state index contributed by atoms with van der Waals surface area (Å²) in [5.74, 6) is -0.443. The molecule has 0 aliphatic carbocycles. The molecule has 0 aromatic heterocycles. The molecule has 8 heteroatoms. The Morgan fingerprint density at radius 2 is 1.36 bits per heavy atom. The smallest absolute Gasteiger partial charge is 0.338 e. The highest BCUT2D eigenvalue weighted by Crippen LogP contribution is 2.42. The summed E-state index contributed by atoms with van der Waals surface area (Å²) < 4.78 is 23.0. The highest BCUT2D eigenvalue weighted by molar-refractivity contribution is 6.74. The molecule has 1 N–H and O–H groups in total. The van der Waals surface area contributed by atoms with Gasteiger partial charge in [0, 0.05) is 18.4 Å². The molecule has 7 nitrogen and oxygen atoms in total. The molecule has 0 heterocycles. The van der Waals surface area contributed by atoms with Crippen LogP contribution in [-0.4, -0.2) is 45.2 Å². The normalized spacial score (nSPS) is 13.4. The van der Waals surface area contributed by atoms with Crippen LogP contribution in [0.15, 0.2) is 60.7 Å².